The number of ether oxygens (including phenoxy) is 2. The quantitative estimate of drug-likeness (QED) is 0.205. The first kappa shape index (κ1) is 28.5. The lowest BCUT2D eigenvalue weighted by molar-refractivity contribution is -0.144. The Hall–Kier alpha value is -2.06. The summed E-state index contributed by atoms with van der Waals surface area (Å²) in [4.78, 5) is 37.7. The van der Waals surface area contributed by atoms with Crippen LogP contribution in [-0.2, 0) is 23.4 Å². The number of aromatic amines is 1. The maximum Gasteiger partial charge on any atom is 0.459 e. The summed E-state index contributed by atoms with van der Waals surface area (Å²) in [5.74, 6) is -1.59. The lowest BCUT2D eigenvalue weighted by Gasteiger charge is -2.25. The number of aliphatic hydroxyl groups excluding tert-OH is 1. The predicted molar refractivity (Wildman–Crippen MR) is 129 cm³/mol. The summed E-state index contributed by atoms with van der Waals surface area (Å²) in [6.07, 6.45) is -2.98. The van der Waals surface area contributed by atoms with Gasteiger partial charge in [-0.15, -0.1) is 0 Å². The maximum absolute atomic E-state index is 13.6. The number of hydrogen-bond acceptors (Lipinski definition) is 9. The van der Waals surface area contributed by atoms with Crippen LogP contribution in [0.1, 0.15) is 20.1 Å². The Morgan fingerprint density at radius 2 is 2.17 bits per heavy atom. The molecule has 1 aromatic heterocycles. The molecule has 12 nitrogen and oxygen atoms in total. The number of halogens is 3. The third-order valence-electron chi connectivity index (χ3n) is 4.91. The highest BCUT2D eigenvalue weighted by atomic mass is 79.9. The van der Waals surface area contributed by atoms with Crippen molar-refractivity contribution in [3.8, 4) is 5.75 Å². The zero-order chi connectivity index (χ0) is 26.7. The van der Waals surface area contributed by atoms with Crippen LogP contribution in [0.5, 0.6) is 5.75 Å². The number of esters is 1. The largest absolute Gasteiger partial charge is 0.465 e. The van der Waals surface area contributed by atoms with Crippen molar-refractivity contribution in [3.05, 3.63) is 63.2 Å². The van der Waals surface area contributed by atoms with Gasteiger partial charge in [-0.2, -0.15) is 5.09 Å². The van der Waals surface area contributed by atoms with Gasteiger partial charge in [0.05, 0.1) is 13.2 Å². The smallest absolute Gasteiger partial charge is 0.459 e. The summed E-state index contributed by atoms with van der Waals surface area (Å²) in [5, 5.41) is 13.1. The van der Waals surface area contributed by atoms with Crippen LogP contribution in [0.4, 0.5) is 4.39 Å². The minimum absolute atomic E-state index is 0.0669. The predicted octanol–water partition coefficient (Wildman–Crippen LogP) is 2.01. The molecule has 0 saturated carbocycles. The van der Waals surface area contributed by atoms with Crippen molar-refractivity contribution >= 4 is 41.2 Å². The van der Waals surface area contributed by atoms with Gasteiger partial charge in [-0.05, 0) is 26.0 Å². The number of H-pyrrole nitrogens is 1. The molecule has 0 unspecified atom stereocenters. The van der Waals surface area contributed by atoms with E-state index in [-0.39, 0.29) is 12.4 Å². The number of carbonyl (C=O) groups is 1. The van der Waals surface area contributed by atoms with E-state index in [1.165, 1.54) is 19.1 Å². The summed E-state index contributed by atoms with van der Waals surface area (Å²) in [6.45, 7) is 2.40. The van der Waals surface area contributed by atoms with Gasteiger partial charge in [0.2, 0.25) is 0 Å². The van der Waals surface area contributed by atoms with Crippen molar-refractivity contribution in [2.45, 2.75) is 42.1 Å². The first-order valence-corrected chi connectivity index (χ1v) is 13.2. The highest BCUT2D eigenvalue weighted by Gasteiger charge is 2.55. The van der Waals surface area contributed by atoms with Crippen molar-refractivity contribution in [1.82, 2.24) is 14.6 Å². The molecule has 0 aliphatic carbocycles. The van der Waals surface area contributed by atoms with Gasteiger partial charge in [-0.3, -0.25) is 23.7 Å². The fourth-order valence-corrected chi connectivity index (χ4v) is 5.61. The summed E-state index contributed by atoms with van der Waals surface area (Å²) in [7, 11) is -4.41. The second-order valence-electron chi connectivity index (χ2n) is 7.61. The average molecular weight is 615 g/mol. The van der Waals surface area contributed by atoms with E-state index >= 15 is 0 Å². The van der Waals surface area contributed by atoms with E-state index < -0.39 is 65.7 Å². The topological polar surface area (TPSA) is 158 Å². The van der Waals surface area contributed by atoms with Gasteiger partial charge in [0.1, 0.15) is 29.8 Å². The van der Waals surface area contributed by atoms with Crippen LogP contribution in [0.15, 0.2) is 46.1 Å². The Morgan fingerprint density at radius 3 is 2.81 bits per heavy atom. The molecule has 1 aromatic carbocycles. The van der Waals surface area contributed by atoms with Crippen LogP contribution >= 0.6 is 35.3 Å². The molecule has 2 heterocycles. The van der Waals surface area contributed by atoms with Gasteiger partial charge in [0.15, 0.2) is 10.0 Å². The molecule has 2 aromatic rings. The highest BCUT2D eigenvalue weighted by molar-refractivity contribution is 9.10. The number of nitrogens with zero attached hydrogens (tertiary/aromatic N) is 1. The molecule has 3 rings (SSSR count). The van der Waals surface area contributed by atoms with E-state index in [0.29, 0.717) is 0 Å². The summed E-state index contributed by atoms with van der Waals surface area (Å²) in [5.41, 5.74) is -1.50. The molecule has 0 radical (unpaired) electrons. The van der Waals surface area contributed by atoms with E-state index in [4.69, 9.17) is 30.1 Å². The summed E-state index contributed by atoms with van der Waals surface area (Å²) in [6, 6.07) is 4.63. The second-order valence-corrected chi connectivity index (χ2v) is 11.7. The zero-order valence-electron chi connectivity index (χ0n) is 18.9. The van der Waals surface area contributed by atoms with Crippen molar-refractivity contribution in [3.63, 3.8) is 0 Å². The van der Waals surface area contributed by atoms with Crippen LogP contribution in [0.3, 0.4) is 0 Å². The molecule has 0 bridgehead atoms. The van der Waals surface area contributed by atoms with E-state index in [1.54, 1.807) is 6.92 Å². The summed E-state index contributed by atoms with van der Waals surface area (Å²) >= 11 is 9.53. The minimum atomic E-state index is -4.41. The molecule has 16 heteroatoms. The van der Waals surface area contributed by atoms with Gasteiger partial charge in [0.25, 0.3) is 5.56 Å². The van der Waals surface area contributed by atoms with Gasteiger partial charge in [-0.1, -0.05) is 33.6 Å². The SMILES string of the molecule is CCOC(=O)[C@H](C)N[P@@](=O)(OC[C@H]1O[C@@H](n2ccc(=O)[nH]c2=O)[C@](Cl)(Br)[C@@H]1O)Oc1cccc(F)c1. The van der Waals surface area contributed by atoms with Gasteiger partial charge < -0.3 is 19.1 Å². The number of carbonyl (C=O) groups excluding carboxylic acids is 1. The fourth-order valence-electron chi connectivity index (χ4n) is 3.20. The molecule has 6 atom stereocenters. The van der Waals surface area contributed by atoms with Crippen molar-refractivity contribution in [2.24, 2.45) is 0 Å². The lowest BCUT2D eigenvalue weighted by Crippen LogP contribution is -2.41. The average Bonchev–Trinajstić information content (AvgIpc) is 3.01. The lowest BCUT2D eigenvalue weighted by atomic mass is 10.2. The van der Waals surface area contributed by atoms with E-state index in [1.807, 2.05) is 4.98 Å². The van der Waals surface area contributed by atoms with Crippen molar-refractivity contribution in [2.75, 3.05) is 13.2 Å². The van der Waals surface area contributed by atoms with Gasteiger partial charge in [0, 0.05) is 18.3 Å². The number of alkyl halides is 2. The maximum atomic E-state index is 13.6. The molecule has 36 heavy (non-hydrogen) atoms. The Kier molecular flexibility index (Phi) is 9.15. The van der Waals surface area contributed by atoms with Gasteiger partial charge in [-0.25, -0.2) is 13.8 Å². The zero-order valence-corrected chi connectivity index (χ0v) is 22.2. The number of nitrogens with one attached hydrogen (secondary N) is 2. The molecule has 1 aliphatic rings. The van der Waals surface area contributed by atoms with E-state index in [0.717, 1.165) is 29.0 Å². The van der Waals surface area contributed by atoms with Crippen LogP contribution in [0.2, 0.25) is 0 Å². The van der Waals surface area contributed by atoms with Crippen molar-refractivity contribution in [1.29, 1.82) is 0 Å². The number of hydrogen-bond donors (Lipinski definition) is 3. The van der Waals surface area contributed by atoms with Gasteiger partial charge >= 0.3 is 19.4 Å². The third kappa shape index (κ3) is 6.62. The first-order chi connectivity index (χ1) is 16.9. The minimum Gasteiger partial charge on any atom is -0.465 e. The Balaban J connectivity index is 1.82. The highest BCUT2D eigenvalue weighted by Crippen LogP contribution is 2.50. The standard InChI is InChI=1S/C20H23BrClFN3O9P/c1-3-32-17(29)11(2)25-36(31,35-13-6-4-5-12(23)9-13)33-10-14-16(28)20(21,22)18(34-14)26-8-7-15(27)24-19(26)30/h4-9,11,14,16,18,28H,3,10H2,1-2H3,(H,25,31)(H,24,27,30)/t11-,14+,16+,18+,20-,36+/m0/s1. The first-order valence-electron chi connectivity index (χ1n) is 10.5. The Bertz CT molecular complexity index is 1260. The summed E-state index contributed by atoms with van der Waals surface area (Å²) < 4.78 is 47.7. The number of benzene rings is 1. The monoisotopic (exact) mass is 613 g/mol. The molecule has 1 fully saturated rings. The normalized spacial score (nSPS) is 26.2. The Labute approximate surface area is 217 Å². The third-order valence-corrected chi connectivity index (χ3v) is 7.82. The molecule has 1 saturated heterocycles. The molecule has 1 aliphatic heterocycles. The second kappa shape index (κ2) is 11.5. The van der Waals surface area contributed by atoms with Crippen molar-refractivity contribution < 1.29 is 37.4 Å². The fraction of sp³-hybridized carbons (Fsp3) is 0.450. The molecular weight excluding hydrogens is 592 g/mol. The van der Waals surface area contributed by atoms with Crippen LogP contribution in [0.25, 0.3) is 0 Å². The number of aliphatic hydroxyl groups is 1. The van der Waals surface area contributed by atoms with E-state index in [2.05, 4.69) is 21.0 Å². The molecule has 198 valence electrons. The number of aromatic nitrogens is 2. The van der Waals surface area contributed by atoms with E-state index in [9.17, 15) is 28.4 Å². The van der Waals surface area contributed by atoms with Crippen LogP contribution < -0.4 is 20.9 Å². The Morgan fingerprint density at radius 1 is 1.44 bits per heavy atom. The molecule has 0 spiro atoms. The number of rotatable bonds is 10. The molecule has 0 amide bonds. The van der Waals surface area contributed by atoms with Crippen LogP contribution in [0, 0.1) is 5.82 Å². The van der Waals surface area contributed by atoms with Crippen LogP contribution in [-0.4, -0.2) is 55.9 Å². The molecule has 3 N–H and O–H groups in total. The molecular formula is C20H23BrClFN3O9P.